The Kier molecular flexibility index (Phi) is 5.12. The van der Waals surface area contributed by atoms with E-state index in [-0.39, 0.29) is 5.91 Å². The summed E-state index contributed by atoms with van der Waals surface area (Å²) < 4.78 is 5.11. The first-order valence-corrected chi connectivity index (χ1v) is 5.45. The summed E-state index contributed by atoms with van der Waals surface area (Å²) in [4.78, 5) is 13.3. The van der Waals surface area contributed by atoms with Gasteiger partial charge in [0, 0.05) is 19.2 Å². The van der Waals surface area contributed by atoms with Gasteiger partial charge in [0.05, 0.1) is 6.26 Å². The van der Waals surface area contributed by atoms with Crippen LogP contribution in [0.2, 0.25) is 0 Å². The van der Waals surface area contributed by atoms with Gasteiger partial charge in [-0.2, -0.15) is 0 Å². The molecule has 0 saturated heterocycles. The Labute approximate surface area is 96.1 Å². The number of carbonyl (C=O) groups is 1. The summed E-state index contributed by atoms with van der Waals surface area (Å²) in [5, 5.41) is 0. The molecule has 1 aromatic rings. The number of rotatable bonds is 5. The molecule has 0 N–H and O–H groups in total. The van der Waals surface area contributed by atoms with Gasteiger partial charge >= 0.3 is 0 Å². The molecular formula is C13H17NO2. The Morgan fingerprint density at radius 3 is 2.69 bits per heavy atom. The largest absolute Gasteiger partial charge is 0.465 e. The molecule has 0 aliphatic rings. The van der Waals surface area contributed by atoms with Crippen molar-refractivity contribution < 1.29 is 9.21 Å². The summed E-state index contributed by atoms with van der Waals surface area (Å²) in [5.74, 6) is 0.814. The summed E-state index contributed by atoms with van der Waals surface area (Å²) in [6.07, 6.45) is 8.51. The number of nitrogens with zero attached hydrogens (tertiary/aromatic N) is 1. The van der Waals surface area contributed by atoms with Gasteiger partial charge in [0.1, 0.15) is 5.76 Å². The predicted molar refractivity (Wildman–Crippen MR) is 64.8 cm³/mol. The highest BCUT2D eigenvalue weighted by Gasteiger charge is 2.03. The highest BCUT2D eigenvalue weighted by atomic mass is 16.3. The fourth-order valence-corrected chi connectivity index (χ4v) is 1.32. The molecule has 86 valence electrons. The predicted octanol–water partition coefficient (Wildman–Crippen LogP) is 2.72. The van der Waals surface area contributed by atoms with Crippen LogP contribution in [0.3, 0.4) is 0 Å². The van der Waals surface area contributed by atoms with Crippen LogP contribution in [0, 0.1) is 0 Å². The molecule has 0 aromatic carbocycles. The molecule has 3 nitrogen and oxygen atoms in total. The van der Waals surface area contributed by atoms with Gasteiger partial charge < -0.3 is 9.32 Å². The van der Waals surface area contributed by atoms with Crippen molar-refractivity contribution in [3.8, 4) is 0 Å². The summed E-state index contributed by atoms with van der Waals surface area (Å²) in [7, 11) is 0. The second-order valence-corrected chi connectivity index (χ2v) is 3.24. The minimum Gasteiger partial charge on any atom is -0.465 e. The van der Waals surface area contributed by atoms with E-state index >= 15 is 0 Å². The maximum atomic E-state index is 11.5. The van der Waals surface area contributed by atoms with Crippen molar-refractivity contribution >= 4 is 12.0 Å². The van der Waals surface area contributed by atoms with E-state index in [1.54, 1.807) is 29.4 Å². The van der Waals surface area contributed by atoms with Crippen LogP contribution in [-0.2, 0) is 4.79 Å². The molecule has 1 heterocycles. The summed E-state index contributed by atoms with van der Waals surface area (Å²) in [5.41, 5.74) is 0. The molecule has 3 heteroatoms. The van der Waals surface area contributed by atoms with Gasteiger partial charge in [-0.3, -0.25) is 4.79 Å². The summed E-state index contributed by atoms with van der Waals surface area (Å²) in [6.45, 7) is 5.41. The van der Waals surface area contributed by atoms with Crippen molar-refractivity contribution in [3.63, 3.8) is 0 Å². The van der Waals surface area contributed by atoms with E-state index in [1.165, 1.54) is 0 Å². The van der Waals surface area contributed by atoms with E-state index in [1.807, 2.05) is 32.1 Å². The number of furan rings is 1. The molecule has 16 heavy (non-hydrogen) atoms. The van der Waals surface area contributed by atoms with Crippen LogP contribution in [0.5, 0.6) is 0 Å². The van der Waals surface area contributed by atoms with E-state index in [9.17, 15) is 4.79 Å². The number of amides is 1. The molecule has 1 rings (SSSR count). The quantitative estimate of drug-likeness (QED) is 0.563. The zero-order valence-electron chi connectivity index (χ0n) is 9.72. The minimum atomic E-state index is 0.0362. The first-order valence-electron chi connectivity index (χ1n) is 5.45. The van der Waals surface area contributed by atoms with Crippen LogP contribution in [0.15, 0.2) is 41.0 Å². The lowest BCUT2D eigenvalue weighted by molar-refractivity contribution is -0.125. The average molecular weight is 219 g/mol. The van der Waals surface area contributed by atoms with Gasteiger partial charge in [-0.05, 0) is 32.1 Å². The lowest BCUT2D eigenvalue weighted by Gasteiger charge is -2.15. The minimum absolute atomic E-state index is 0.0362. The normalized spacial score (nSPS) is 11.4. The number of likely N-dealkylation sites (N-methyl/N-ethyl adjacent to an activating group) is 1. The molecule has 0 saturated carbocycles. The van der Waals surface area contributed by atoms with Crippen LogP contribution in [0.25, 0.3) is 6.08 Å². The average Bonchev–Trinajstić information content (AvgIpc) is 2.79. The van der Waals surface area contributed by atoms with Gasteiger partial charge in [0.25, 0.3) is 0 Å². The maximum Gasteiger partial charge on any atom is 0.246 e. The number of allylic oxidation sites excluding steroid dienone is 2. The molecule has 0 bridgehead atoms. The highest BCUT2D eigenvalue weighted by molar-refractivity contribution is 5.87. The molecule has 0 aliphatic heterocycles. The van der Waals surface area contributed by atoms with Crippen LogP contribution >= 0.6 is 0 Å². The Morgan fingerprint density at radius 1 is 1.38 bits per heavy atom. The molecule has 0 aliphatic carbocycles. The Morgan fingerprint density at radius 2 is 2.12 bits per heavy atom. The van der Waals surface area contributed by atoms with Gasteiger partial charge in [0.15, 0.2) is 0 Å². The summed E-state index contributed by atoms with van der Waals surface area (Å²) >= 11 is 0. The van der Waals surface area contributed by atoms with E-state index < -0.39 is 0 Å². The van der Waals surface area contributed by atoms with Crippen molar-refractivity contribution in [2.45, 2.75) is 13.8 Å². The summed E-state index contributed by atoms with van der Waals surface area (Å²) in [6, 6.07) is 3.68. The standard InChI is InChI=1S/C13H17NO2/c1-3-14(4-2)13(15)10-6-5-8-12-9-7-11-16-12/h5-11H,3-4H2,1-2H3/b8-5+,10-6+. The van der Waals surface area contributed by atoms with Crippen molar-refractivity contribution in [2.75, 3.05) is 13.1 Å². The molecular weight excluding hydrogens is 202 g/mol. The van der Waals surface area contributed by atoms with Crippen LogP contribution in [0.4, 0.5) is 0 Å². The third-order valence-electron chi connectivity index (χ3n) is 2.23. The van der Waals surface area contributed by atoms with E-state index in [4.69, 9.17) is 4.42 Å². The Balaban J connectivity index is 2.45. The number of hydrogen-bond acceptors (Lipinski definition) is 2. The van der Waals surface area contributed by atoms with Crippen LogP contribution < -0.4 is 0 Å². The van der Waals surface area contributed by atoms with Gasteiger partial charge in [0.2, 0.25) is 5.91 Å². The molecule has 0 unspecified atom stereocenters. The zero-order valence-corrected chi connectivity index (χ0v) is 9.72. The number of carbonyl (C=O) groups excluding carboxylic acids is 1. The molecule has 1 amide bonds. The third-order valence-corrected chi connectivity index (χ3v) is 2.23. The molecule has 0 radical (unpaired) electrons. The van der Waals surface area contributed by atoms with Gasteiger partial charge in [-0.15, -0.1) is 0 Å². The monoisotopic (exact) mass is 219 g/mol. The maximum absolute atomic E-state index is 11.5. The second kappa shape index (κ2) is 6.67. The smallest absolute Gasteiger partial charge is 0.246 e. The SMILES string of the molecule is CCN(CC)C(=O)/C=C/C=C/c1ccco1. The molecule has 0 spiro atoms. The Bertz CT molecular complexity index is 359. The topological polar surface area (TPSA) is 33.5 Å². The molecule has 1 aromatic heterocycles. The van der Waals surface area contributed by atoms with Crippen LogP contribution in [0.1, 0.15) is 19.6 Å². The zero-order chi connectivity index (χ0) is 11.8. The lowest BCUT2D eigenvalue weighted by atomic mass is 10.3. The van der Waals surface area contributed by atoms with Crippen molar-refractivity contribution in [2.24, 2.45) is 0 Å². The highest BCUT2D eigenvalue weighted by Crippen LogP contribution is 2.02. The molecule has 0 fully saturated rings. The van der Waals surface area contributed by atoms with E-state index in [0.29, 0.717) is 0 Å². The molecule has 0 atom stereocenters. The van der Waals surface area contributed by atoms with Gasteiger partial charge in [-0.25, -0.2) is 0 Å². The van der Waals surface area contributed by atoms with E-state index in [0.717, 1.165) is 18.8 Å². The first-order chi connectivity index (χ1) is 7.77. The van der Waals surface area contributed by atoms with Gasteiger partial charge in [-0.1, -0.05) is 12.2 Å². The van der Waals surface area contributed by atoms with E-state index in [2.05, 4.69) is 0 Å². The van der Waals surface area contributed by atoms with Crippen molar-refractivity contribution in [3.05, 3.63) is 42.4 Å². The fourth-order valence-electron chi connectivity index (χ4n) is 1.32. The fraction of sp³-hybridized carbons (Fsp3) is 0.308. The first kappa shape index (κ1) is 12.3. The number of hydrogen-bond donors (Lipinski definition) is 0. The van der Waals surface area contributed by atoms with Crippen LogP contribution in [-0.4, -0.2) is 23.9 Å². The van der Waals surface area contributed by atoms with Crippen molar-refractivity contribution in [1.82, 2.24) is 4.90 Å². The van der Waals surface area contributed by atoms with Crippen molar-refractivity contribution in [1.29, 1.82) is 0 Å². The Hall–Kier alpha value is -1.77. The second-order valence-electron chi connectivity index (χ2n) is 3.24. The third kappa shape index (κ3) is 3.77. The lowest BCUT2D eigenvalue weighted by Crippen LogP contribution is -2.28.